The van der Waals surface area contributed by atoms with Gasteiger partial charge in [0, 0.05) is 16.7 Å². The molecule has 1 aromatic carbocycles. The van der Waals surface area contributed by atoms with E-state index in [1.54, 1.807) is 14.2 Å². The number of rotatable bonds is 3. The number of ether oxygens (including phenoxy) is 2. The minimum absolute atomic E-state index is 0.00522. The molecule has 1 saturated carbocycles. The number of methoxy groups -OCH3 is 2. The SMILES string of the molecule is COc1cc(C(C)(C)C)c(OC)c(C2(N)CCC2)c1. The molecule has 0 heterocycles. The van der Waals surface area contributed by atoms with E-state index >= 15 is 0 Å². The van der Waals surface area contributed by atoms with Crippen LogP contribution >= 0.6 is 0 Å². The Kier molecular flexibility index (Phi) is 3.52. The molecule has 0 aliphatic heterocycles. The van der Waals surface area contributed by atoms with E-state index in [9.17, 15) is 0 Å². The summed E-state index contributed by atoms with van der Waals surface area (Å²) in [5, 5.41) is 0. The molecule has 3 heteroatoms. The number of nitrogens with two attached hydrogens (primary N) is 1. The Morgan fingerprint density at radius 3 is 2.11 bits per heavy atom. The molecule has 0 saturated heterocycles. The van der Waals surface area contributed by atoms with Crippen LogP contribution in [0.3, 0.4) is 0 Å². The summed E-state index contributed by atoms with van der Waals surface area (Å²) in [7, 11) is 3.42. The van der Waals surface area contributed by atoms with Crippen LogP contribution in [-0.2, 0) is 11.0 Å². The van der Waals surface area contributed by atoms with E-state index in [0.29, 0.717) is 0 Å². The first-order valence-corrected chi connectivity index (χ1v) is 6.88. The van der Waals surface area contributed by atoms with E-state index in [1.165, 1.54) is 6.42 Å². The summed E-state index contributed by atoms with van der Waals surface area (Å²) in [6.45, 7) is 6.54. The highest BCUT2D eigenvalue weighted by molar-refractivity contribution is 5.53. The molecule has 1 aliphatic rings. The third-order valence-corrected chi connectivity index (χ3v) is 4.09. The van der Waals surface area contributed by atoms with Crippen molar-refractivity contribution in [3.63, 3.8) is 0 Å². The molecule has 0 bridgehead atoms. The van der Waals surface area contributed by atoms with Crippen molar-refractivity contribution >= 4 is 0 Å². The second-order valence-electron chi connectivity index (χ2n) is 6.52. The molecule has 0 aromatic heterocycles. The van der Waals surface area contributed by atoms with Crippen molar-refractivity contribution in [2.24, 2.45) is 5.73 Å². The van der Waals surface area contributed by atoms with Crippen molar-refractivity contribution < 1.29 is 9.47 Å². The standard InChI is InChI=1S/C16H25NO2/c1-15(2,3)12-9-11(18-4)10-13(14(12)19-5)16(17)7-6-8-16/h9-10H,6-8,17H2,1-5H3. The first-order chi connectivity index (χ1) is 8.81. The van der Waals surface area contributed by atoms with Gasteiger partial charge in [-0.25, -0.2) is 0 Å². The Bertz CT molecular complexity index is 470. The zero-order valence-electron chi connectivity index (χ0n) is 12.7. The largest absolute Gasteiger partial charge is 0.497 e. The van der Waals surface area contributed by atoms with Crippen LogP contribution in [0.25, 0.3) is 0 Å². The molecule has 0 spiro atoms. The average Bonchev–Trinajstić information content (AvgIpc) is 2.33. The Labute approximate surface area is 116 Å². The van der Waals surface area contributed by atoms with E-state index < -0.39 is 0 Å². The van der Waals surface area contributed by atoms with Gasteiger partial charge in [0.05, 0.1) is 14.2 Å². The van der Waals surface area contributed by atoms with Crippen LogP contribution in [0.4, 0.5) is 0 Å². The maximum atomic E-state index is 6.50. The lowest BCUT2D eigenvalue weighted by atomic mass is 9.70. The second-order valence-corrected chi connectivity index (χ2v) is 6.52. The molecule has 2 N–H and O–H groups in total. The van der Waals surface area contributed by atoms with Crippen LogP contribution in [-0.4, -0.2) is 14.2 Å². The van der Waals surface area contributed by atoms with Crippen LogP contribution in [0.2, 0.25) is 0 Å². The molecule has 2 rings (SSSR count). The number of hydrogen-bond donors (Lipinski definition) is 1. The van der Waals surface area contributed by atoms with Gasteiger partial charge in [-0.1, -0.05) is 20.8 Å². The smallest absolute Gasteiger partial charge is 0.127 e. The summed E-state index contributed by atoms with van der Waals surface area (Å²) in [6, 6.07) is 4.09. The summed E-state index contributed by atoms with van der Waals surface area (Å²) in [5.41, 5.74) is 8.49. The minimum Gasteiger partial charge on any atom is -0.497 e. The fraction of sp³-hybridized carbons (Fsp3) is 0.625. The topological polar surface area (TPSA) is 44.5 Å². The van der Waals surface area contributed by atoms with E-state index in [4.69, 9.17) is 15.2 Å². The fourth-order valence-electron chi connectivity index (χ4n) is 2.69. The second kappa shape index (κ2) is 4.71. The van der Waals surface area contributed by atoms with Gasteiger partial charge in [0.15, 0.2) is 0 Å². The molecule has 1 fully saturated rings. The molecule has 0 unspecified atom stereocenters. The Hall–Kier alpha value is -1.22. The van der Waals surface area contributed by atoms with E-state index in [-0.39, 0.29) is 11.0 Å². The van der Waals surface area contributed by atoms with E-state index in [2.05, 4.69) is 26.8 Å². The highest BCUT2D eigenvalue weighted by atomic mass is 16.5. The predicted octanol–water partition coefficient (Wildman–Crippen LogP) is 3.34. The third-order valence-electron chi connectivity index (χ3n) is 4.09. The van der Waals surface area contributed by atoms with E-state index in [0.717, 1.165) is 35.5 Å². The zero-order chi connectivity index (χ0) is 14.3. The lowest BCUT2D eigenvalue weighted by Crippen LogP contribution is -2.43. The minimum atomic E-state index is -0.250. The van der Waals surface area contributed by atoms with Crippen molar-refractivity contribution in [3.05, 3.63) is 23.3 Å². The lowest BCUT2D eigenvalue weighted by Gasteiger charge is -2.40. The lowest BCUT2D eigenvalue weighted by molar-refractivity contribution is 0.241. The summed E-state index contributed by atoms with van der Waals surface area (Å²) >= 11 is 0. The highest BCUT2D eigenvalue weighted by Gasteiger charge is 2.39. The maximum absolute atomic E-state index is 6.50. The fourth-order valence-corrected chi connectivity index (χ4v) is 2.69. The van der Waals surface area contributed by atoms with Crippen molar-refractivity contribution in [3.8, 4) is 11.5 Å². The maximum Gasteiger partial charge on any atom is 0.127 e. The van der Waals surface area contributed by atoms with Crippen LogP contribution < -0.4 is 15.2 Å². The van der Waals surface area contributed by atoms with Gasteiger partial charge in [0.25, 0.3) is 0 Å². The zero-order valence-corrected chi connectivity index (χ0v) is 12.7. The Balaban J connectivity index is 2.64. The van der Waals surface area contributed by atoms with Gasteiger partial charge < -0.3 is 15.2 Å². The summed E-state index contributed by atoms with van der Waals surface area (Å²) in [4.78, 5) is 0. The normalized spacial score (nSPS) is 17.8. The molecule has 106 valence electrons. The van der Waals surface area contributed by atoms with Crippen LogP contribution in [0.15, 0.2) is 12.1 Å². The Morgan fingerprint density at radius 2 is 1.74 bits per heavy atom. The summed E-state index contributed by atoms with van der Waals surface area (Å²) in [5.74, 6) is 1.79. The molecule has 1 aliphatic carbocycles. The van der Waals surface area contributed by atoms with Gasteiger partial charge in [-0.15, -0.1) is 0 Å². The molecular weight excluding hydrogens is 238 g/mol. The molecule has 0 radical (unpaired) electrons. The molecule has 0 atom stereocenters. The molecule has 3 nitrogen and oxygen atoms in total. The molecule has 0 amide bonds. The van der Waals surface area contributed by atoms with Crippen LogP contribution in [0, 0.1) is 0 Å². The van der Waals surface area contributed by atoms with Crippen LogP contribution in [0.5, 0.6) is 11.5 Å². The van der Waals surface area contributed by atoms with Crippen molar-refractivity contribution in [1.82, 2.24) is 0 Å². The molecule has 1 aromatic rings. The van der Waals surface area contributed by atoms with Gasteiger partial charge in [-0.05, 0) is 36.8 Å². The first-order valence-electron chi connectivity index (χ1n) is 6.88. The number of benzene rings is 1. The predicted molar refractivity (Wildman–Crippen MR) is 78.0 cm³/mol. The first kappa shape index (κ1) is 14.2. The number of hydrogen-bond acceptors (Lipinski definition) is 3. The highest BCUT2D eigenvalue weighted by Crippen LogP contribution is 2.47. The summed E-state index contributed by atoms with van der Waals surface area (Å²) in [6.07, 6.45) is 3.21. The van der Waals surface area contributed by atoms with Gasteiger partial charge in [-0.3, -0.25) is 0 Å². The van der Waals surface area contributed by atoms with Gasteiger partial charge >= 0.3 is 0 Å². The van der Waals surface area contributed by atoms with Gasteiger partial charge in [0.1, 0.15) is 11.5 Å². The molecule has 19 heavy (non-hydrogen) atoms. The quantitative estimate of drug-likeness (QED) is 0.909. The van der Waals surface area contributed by atoms with Gasteiger partial charge in [-0.2, -0.15) is 0 Å². The average molecular weight is 263 g/mol. The van der Waals surface area contributed by atoms with Gasteiger partial charge in [0.2, 0.25) is 0 Å². The third kappa shape index (κ3) is 2.44. The monoisotopic (exact) mass is 263 g/mol. The Morgan fingerprint density at radius 1 is 1.11 bits per heavy atom. The van der Waals surface area contributed by atoms with Crippen molar-refractivity contribution in [2.45, 2.75) is 51.0 Å². The van der Waals surface area contributed by atoms with Crippen molar-refractivity contribution in [1.29, 1.82) is 0 Å². The van der Waals surface area contributed by atoms with Crippen molar-refractivity contribution in [2.75, 3.05) is 14.2 Å². The van der Waals surface area contributed by atoms with E-state index in [1.807, 2.05) is 6.07 Å². The summed E-state index contributed by atoms with van der Waals surface area (Å²) < 4.78 is 11.1. The molecular formula is C16H25NO2. The van der Waals surface area contributed by atoms with Crippen LogP contribution in [0.1, 0.15) is 51.2 Å².